The summed E-state index contributed by atoms with van der Waals surface area (Å²) in [6, 6.07) is 6.28. The van der Waals surface area contributed by atoms with Gasteiger partial charge in [0.05, 0.1) is 5.60 Å². The van der Waals surface area contributed by atoms with E-state index in [1.165, 1.54) is 11.3 Å². The Hall–Kier alpha value is -1.28. The number of benzene rings is 1. The van der Waals surface area contributed by atoms with Crippen molar-refractivity contribution in [2.75, 3.05) is 11.9 Å². The van der Waals surface area contributed by atoms with E-state index in [4.69, 9.17) is 0 Å². The van der Waals surface area contributed by atoms with Gasteiger partial charge in [0.1, 0.15) is 0 Å². The van der Waals surface area contributed by atoms with Gasteiger partial charge in [-0.2, -0.15) is 0 Å². The Labute approximate surface area is 90.6 Å². The van der Waals surface area contributed by atoms with Crippen LogP contribution in [0.2, 0.25) is 0 Å². The summed E-state index contributed by atoms with van der Waals surface area (Å²) in [7, 11) is 0. The minimum Gasteiger partial charge on any atom is -0.386 e. The molecule has 0 aliphatic carbocycles. The average molecular weight is 203 g/mol. The zero-order chi connectivity index (χ0) is 10.9. The van der Waals surface area contributed by atoms with Crippen molar-refractivity contribution in [1.29, 1.82) is 0 Å². The first kappa shape index (κ1) is 10.2. The highest BCUT2D eigenvalue weighted by molar-refractivity contribution is 5.72. The van der Waals surface area contributed by atoms with E-state index in [9.17, 15) is 5.11 Å². The van der Waals surface area contributed by atoms with Crippen LogP contribution < -0.4 is 5.32 Å². The molecule has 0 spiro atoms. The van der Waals surface area contributed by atoms with Crippen molar-refractivity contribution in [3.63, 3.8) is 0 Å². The molecule has 1 heterocycles. The molecule has 0 saturated heterocycles. The Bertz CT molecular complexity index is 388. The molecule has 2 nitrogen and oxygen atoms in total. The van der Waals surface area contributed by atoms with E-state index in [2.05, 4.69) is 23.5 Å². The van der Waals surface area contributed by atoms with Crippen molar-refractivity contribution in [2.24, 2.45) is 0 Å². The van der Waals surface area contributed by atoms with Crippen molar-refractivity contribution in [3.05, 3.63) is 35.4 Å². The molecule has 2 heteroatoms. The van der Waals surface area contributed by atoms with Gasteiger partial charge < -0.3 is 10.4 Å². The first-order valence-corrected chi connectivity index (χ1v) is 5.34. The van der Waals surface area contributed by atoms with Gasteiger partial charge >= 0.3 is 0 Å². The first-order chi connectivity index (χ1) is 7.06. The lowest BCUT2D eigenvalue weighted by molar-refractivity contribution is 0.134. The fraction of sp³-hybridized carbons (Fsp3) is 0.385. The summed E-state index contributed by atoms with van der Waals surface area (Å²) in [6.45, 7) is 4.57. The lowest BCUT2D eigenvalue weighted by Gasteiger charge is -2.11. The molecule has 0 amide bonds. The number of hydrogen-bond donors (Lipinski definition) is 2. The van der Waals surface area contributed by atoms with Gasteiger partial charge in [-0.1, -0.05) is 30.4 Å². The number of nitrogens with one attached hydrogen (secondary N) is 1. The third-order valence-electron chi connectivity index (χ3n) is 2.55. The van der Waals surface area contributed by atoms with Crippen molar-refractivity contribution in [2.45, 2.75) is 25.9 Å². The number of aliphatic hydroxyl groups is 1. The maximum absolute atomic E-state index is 9.62. The molecule has 0 fully saturated rings. The molecular formula is C13H17NO. The van der Waals surface area contributed by atoms with E-state index in [0.717, 1.165) is 18.5 Å². The average Bonchev–Trinajstić information content (AvgIpc) is 2.61. The van der Waals surface area contributed by atoms with Crippen molar-refractivity contribution in [3.8, 4) is 0 Å². The Kier molecular flexibility index (Phi) is 2.53. The third kappa shape index (κ3) is 2.39. The van der Waals surface area contributed by atoms with E-state index in [1.54, 1.807) is 13.8 Å². The largest absolute Gasteiger partial charge is 0.386 e. The zero-order valence-corrected chi connectivity index (χ0v) is 9.25. The van der Waals surface area contributed by atoms with Gasteiger partial charge in [0.2, 0.25) is 0 Å². The van der Waals surface area contributed by atoms with E-state index in [-0.39, 0.29) is 0 Å². The lowest BCUT2D eigenvalue weighted by atomic mass is 10.0. The summed E-state index contributed by atoms with van der Waals surface area (Å²) in [5.41, 5.74) is 3.00. The van der Waals surface area contributed by atoms with Crippen LogP contribution in [-0.2, 0) is 6.42 Å². The summed E-state index contributed by atoms with van der Waals surface area (Å²) in [4.78, 5) is 0. The molecule has 80 valence electrons. The van der Waals surface area contributed by atoms with Gasteiger partial charge in [0, 0.05) is 12.2 Å². The van der Waals surface area contributed by atoms with Crippen LogP contribution in [0, 0.1) is 0 Å². The van der Waals surface area contributed by atoms with E-state index in [1.807, 2.05) is 12.2 Å². The highest BCUT2D eigenvalue weighted by Crippen LogP contribution is 2.27. The van der Waals surface area contributed by atoms with Crippen LogP contribution in [-0.4, -0.2) is 17.3 Å². The number of anilines is 1. The summed E-state index contributed by atoms with van der Waals surface area (Å²) in [6.07, 6.45) is 4.90. The molecule has 0 radical (unpaired) electrons. The Morgan fingerprint density at radius 3 is 2.93 bits per heavy atom. The zero-order valence-electron chi connectivity index (χ0n) is 9.25. The number of para-hydroxylation sites is 1. The van der Waals surface area contributed by atoms with Crippen molar-refractivity contribution >= 4 is 11.8 Å². The molecule has 0 bridgehead atoms. The summed E-state index contributed by atoms with van der Waals surface area (Å²) >= 11 is 0. The molecule has 15 heavy (non-hydrogen) atoms. The van der Waals surface area contributed by atoms with Gasteiger partial charge in [-0.25, -0.2) is 0 Å². The fourth-order valence-electron chi connectivity index (χ4n) is 1.80. The monoisotopic (exact) mass is 203 g/mol. The summed E-state index contributed by atoms with van der Waals surface area (Å²) in [5, 5.41) is 13.0. The smallest absolute Gasteiger partial charge is 0.0774 e. The fourth-order valence-corrected chi connectivity index (χ4v) is 1.80. The maximum Gasteiger partial charge on any atom is 0.0774 e. The second kappa shape index (κ2) is 3.70. The molecule has 2 N–H and O–H groups in total. The molecule has 0 aromatic heterocycles. The van der Waals surface area contributed by atoms with Gasteiger partial charge in [-0.15, -0.1) is 0 Å². The molecule has 0 atom stereocenters. The molecule has 1 aliphatic rings. The lowest BCUT2D eigenvalue weighted by Crippen LogP contribution is -2.13. The van der Waals surface area contributed by atoms with Crippen LogP contribution in [0.5, 0.6) is 0 Å². The quantitative estimate of drug-likeness (QED) is 0.773. The second-order valence-electron chi connectivity index (χ2n) is 4.55. The Balaban J connectivity index is 2.30. The molecule has 0 saturated carbocycles. The van der Waals surface area contributed by atoms with Crippen LogP contribution in [0.15, 0.2) is 24.3 Å². The second-order valence-corrected chi connectivity index (χ2v) is 4.55. The van der Waals surface area contributed by atoms with E-state index in [0.29, 0.717) is 0 Å². The van der Waals surface area contributed by atoms with Crippen LogP contribution in [0.4, 0.5) is 5.69 Å². The van der Waals surface area contributed by atoms with Crippen LogP contribution in [0.25, 0.3) is 6.08 Å². The minimum absolute atomic E-state index is 0.749. The van der Waals surface area contributed by atoms with Gasteiger partial charge in [0.15, 0.2) is 0 Å². The number of fused-ring (bicyclic) bond motifs is 1. The maximum atomic E-state index is 9.62. The van der Waals surface area contributed by atoms with Crippen LogP contribution in [0.1, 0.15) is 25.0 Å². The highest BCUT2D eigenvalue weighted by atomic mass is 16.3. The van der Waals surface area contributed by atoms with Crippen LogP contribution in [0.3, 0.4) is 0 Å². The minimum atomic E-state index is -0.749. The van der Waals surface area contributed by atoms with Gasteiger partial charge in [-0.3, -0.25) is 0 Å². The van der Waals surface area contributed by atoms with Crippen LogP contribution >= 0.6 is 0 Å². The number of rotatable bonds is 2. The van der Waals surface area contributed by atoms with Crippen molar-refractivity contribution < 1.29 is 5.11 Å². The summed E-state index contributed by atoms with van der Waals surface area (Å²) < 4.78 is 0. The molecule has 0 unspecified atom stereocenters. The van der Waals surface area contributed by atoms with Crippen molar-refractivity contribution in [1.82, 2.24) is 0 Å². The topological polar surface area (TPSA) is 32.3 Å². The predicted octanol–water partition coefficient (Wildman–Crippen LogP) is 2.44. The molecule has 1 aliphatic heterocycles. The highest BCUT2D eigenvalue weighted by Gasteiger charge is 2.12. The predicted molar refractivity (Wildman–Crippen MR) is 64.0 cm³/mol. The Morgan fingerprint density at radius 1 is 1.40 bits per heavy atom. The standard InChI is InChI=1S/C13H17NO/c1-13(2,15)8-6-10-4-3-5-11-7-9-14-12(10)11/h3-6,8,14-15H,7,9H2,1-2H3/b8-6-. The number of hydrogen-bond acceptors (Lipinski definition) is 2. The molecule has 1 aromatic rings. The van der Waals surface area contributed by atoms with Gasteiger partial charge in [0.25, 0.3) is 0 Å². The summed E-state index contributed by atoms with van der Waals surface area (Å²) in [5.74, 6) is 0. The first-order valence-electron chi connectivity index (χ1n) is 5.34. The normalized spacial score (nSPS) is 15.4. The van der Waals surface area contributed by atoms with E-state index >= 15 is 0 Å². The third-order valence-corrected chi connectivity index (χ3v) is 2.55. The molecule has 2 rings (SSSR count). The molecular weight excluding hydrogens is 186 g/mol. The van der Waals surface area contributed by atoms with E-state index < -0.39 is 5.60 Å². The molecule has 1 aromatic carbocycles. The SMILES string of the molecule is CC(C)(O)/C=C\c1cccc2c1NCC2. The van der Waals surface area contributed by atoms with Gasteiger partial charge in [-0.05, 0) is 31.4 Å². The Morgan fingerprint density at radius 2 is 2.20 bits per heavy atom.